The second-order valence-electron chi connectivity index (χ2n) is 8.83. The Morgan fingerprint density at radius 2 is 1.81 bits per heavy atom. The van der Waals surface area contributed by atoms with Gasteiger partial charge in [0, 0.05) is 12.7 Å². The molecule has 36 heavy (non-hydrogen) atoms. The average molecular weight is 494 g/mol. The predicted molar refractivity (Wildman–Crippen MR) is 128 cm³/mol. The number of rotatable bonds is 7. The molecule has 0 unspecified atom stereocenters. The van der Waals surface area contributed by atoms with Gasteiger partial charge in [-0.2, -0.15) is 0 Å². The quantitative estimate of drug-likeness (QED) is 0.270. The smallest absolute Gasteiger partial charge is 0.488 e. The van der Waals surface area contributed by atoms with E-state index in [0.717, 1.165) is 5.56 Å². The lowest BCUT2D eigenvalue weighted by Crippen LogP contribution is -2.63. The van der Waals surface area contributed by atoms with Gasteiger partial charge < -0.3 is 32.8 Å². The van der Waals surface area contributed by atoms with E-state index in [4.69, 9.17) is 32.8 Å². The Labute approximate surface area is 207 Å². The Morgan fingerprint density at radius 1 is 1.06 bits per heavy atom. The number of aryl methyl sites for hydroxylation is 1. The fraction of sp³-hybridized carbons (Fsp3) is 0.333. The molecule has 0 aliphatic carbocycles. The highest BCUT2D eigenvalue weighted by Gasteiger charge is 2.59. The van der Waals surface area contributed by atoms with E-state index in [1.54, 1.807) is 32.1 Å². The molecule has 9 heteroatoms. The molecular formula is C27H26O9. The maximum Gasteiger partial charge on any atom is 0.509 e. The third-order valence-electron chi connectivity index (χ3n) is 6.50. The third-order valence-corrected chi connectivity index (χ3v) is 6.50. The summed E-state index contributed by atoms with van der Waals surface area (Å²) in [5, 5.41) is 0.615. The minimum Gasteiger partial charge on any atom is -0.488 e. The number of hydrogen-bond acceptors (Lipinski definition) is 9. The van der Waals surface area contributed by atoms with Crippen LogP contribution in [0.5, 0.6) is 11.5 Å². The van der Waals surface area contributed by atoms with E-state index in [-0.39, 0.29) is 0 Å². The lowest BCUT2D eigenvalue weighted by molar-refractivity contribution is -0.272. The first-order chi connectivity index (χ1) is 17.3. The summed E-state index contributed by atoms with van der Waals surface area (Å²) in [5.74, 6) is 0.772. The van der Waals surface area contributed by atoms with E-state index in [1.165, 1.54) is 13.2 Å². The summed E-state index contributed by atoms with van der Waals surface area (Å²) in [6.45, 7) is 7.65. The Hall–Kier alpha value is -3.82. The molecule has 0 bridgehead atoms. The molecule has 2 aromatic carbocycles. The molecule has 3 aromatic rings. The zero-order valence-electron chi connectivity index (χ0n) is 20.1. The maximum atomic E-state index is 12.3. The topological polar surface area (TPSA) is 103 Å². The molecule has 188 valence electrons. The van der Waals surface area contributed by atoms with Crippen molar-refractivity contribution in [3.8, 4) is 11.5 Å². The van der Waals surface area contributed by atoms with Crippen LogP contribution >= 0.6 is 0 Å². The molecule has 2 aliphatic rings. The molecule has 2 aliphatic heterocycles. The zero-order chi connectivity index (χ0) is 25.4. The number of hydrogen-bond donors (Lipinski definition) is 0. The number of benzene rings is 2. The highest BCUT2D eigenvalue weighted by atomic mass is 16.8. The van der Waals surface area contributed by atoms with Crippen LogP contribution in [0.15, 0.2) is 70.4 Å². The molecular weight excluding hydrogens is 468 g/mol. The SMILES string of the molecule is C=C[C@]1(C)O[C@@H](Oc2ccc3c(OCc4ccccc4)cc(=O)oc3c2C)[C@@H]2OC(=O)O[C@@H]2[C@H]1OC. The van der Waals surface area contributed by atoms with E-state index in [9.17, 15) is 9.59 Å². The van der Waals surface area contributed by atoms with Gasteiger partial charge in [0.05, 0.1) is 11.5 Å². The van der Waals surface area contributed by atoms with E-state index in [0.29, 0.717) is 34.6 Å². The first kappa shape index (κ1) is 23.9. The minimum atomic E-state index is -1.03. The molecule has 3 heterocycles. The van der Waals surface area contributed by atoms with Crippen LogP contribution in [0.3, 0.4) is 0 Å². The highest BCUT2D eigenvalue weighted by Crippen LogP contribution is 2.40. The molecule has 9 nitrogen and oxygen atoms in total. The van der Waals surface area contributed by atoms with Gasteiger partial charge in [0.2, 0.25) is 12.4 Å². The largest absolute Gasteiger partial charge is 0.509 e. The van der Waals surface area contributed by atoms with Crippen molar-refractivity contribution < 1.29 is 37.6 Å². The van der Waals surface area contributed by atoms with Crippen molar-refractivity contribution in [2.24, 2.45) is 0 Å². The molecule has 5 rings (SSSR count). The van der Waals surface area contributed by atoms with Crippen LogP contribution in [0.4, 0.5) is 4.79 Å². The maximum absolute atomic E-state index is 12.3. The van der Waals surface area contributed by atoms with Crippen molar-refractivity contribution in [2.45, 2.75) is 50.7 Å². The second kappa shape index (κ2) is 9.33. The normalized spacial score (nSPS) is 27.1. The molecule has 2 fully saturated rings. The Bertz CT molecular complexity index is 1350. The monoisotopic (exact) mass is 494 g/mol. The Balaban J connectivity index is 1.46. The van der Waals surface area contributed by atoms with Crippen LogP contribution < -0.4 is 15.1 Å². The zero-order valence-corrected chi connectivity index (χ0v) is 20.1. The van der Waals surface area contributed by atoms with Gasteiger partial charge in [-0.25, -0.2) is 9.59 Å². The van der Waals surface area contributed by atoms with Crippen molar-refractivity contribution in [1.29, 1.82) is 0 Å². The van der Waals surface area contributed by atoms with Gasteiger partial charge in [0.1, 0.15) is 35.4 Å². The summed E-state index contributed by atoms with van der Waals surface area (Å²) in [7, 11) is 1.49. The Kier molecular flexibility index (Phi) is 6.19. The lowest BCUT2D eigenvalue weighted by Gasteiger charge is -2.45. The number of ether oxygens (including phenoxy) is 6. The van der Waals surface area contributed by atoms with Crippen LogP contribution in [0.1, 0.15) is 18.1 Å². The summed E-state index contributed by atoms with van der Waals surface area (Å²) in [4.78, 5) is 24.3. The van der Waals surface area contributed by atoms with Gasteiger partial charge in [-0.15, -0.1) is 6.58 Å². The third kappa shape index (κ3) is 4.20. The summed E-state index contributed by atoms with van der Waals surface area (Å²) in [5.41, 5.74) is 0.253. The number of methoxy groups -OCH3 is 1. The van der Waals surface area contributed by atoms with Gasteiger partial charge >= 0.3 is 11.8 Å². The minimum absolute atomic E-state index is 0.293. The van der Waals surface area contributed by atoms with Crippen molar-refractivity contribution in [3.63, 3.8) is 0 Å². The number of fused-ring (bicyclic) bond motifs is 2. The summed E-state index contributed by atoms with van der Waals surface area (Å²) in [6.07, 6.45) is -2.58. The van der Waals surface area contributed by atoms with E-state index in [2.05, 4.69) is 6.58 Å². The van der Waals surface area contributed by atoms with E-state index < -0.39 is 42.0 Å². The van der Waals surface area contributed by atoms with Crippen molar-refractivity contribution in [1.82, 2.24) is 0 Å². The Morgan fingerprint density at radius 3 is 2.53 bits per heavy atom. The van der Waals surface area contributed by atoms with Crippen molar-refractivity contribution in [3.05, 3.63) is 82.7 Å². The first-order valence-corrected chi connectivity index (χ1v) is 11.5. The molecule has 0 radical (unpaired) electrons. The van der Waals surface area contributed by atoms with Gasteiger partial charge in [-0.05, 0) is 31.5 Å². The van der Waals surface area contributed by atoms with Crippen LogP contribution in [-0.2, 0) is 25.6 Å². The fourth-order valence-electron chi connectivity index (χ4n) is 4.58. The van der Waals surface area contributed by atoms with Crippen LogP contribution in [-0.4, -0.2) is 43.5 Å². The fourth-order valence-corrected chi connectivity index (χ4v) is 4.58. The standard InChI is InChI=1S/C27H26O9/c1-5-27(3)24(30-4)22-23(35-26(29)34-22)25(36-27)32-18-12-11-17-19(13-20(28)33-21(17)15(18)2)31-14-16-9-7-6-8-10-16/h5-13,22-25H,1,14H2,2-4H3/t22-,23+,24+,25+,27-/m0/s1. The molecule has 0 N–H and O–H groups in total. The van der Waals surface area contributed by atoms with Gasteiger partial charge in [-0.3, -0.25) is 0 Å². The van der Waals surface area contributed by atoms with Gasteiger partial charge in [0.15, 0.2) is 6.10 Å². The highest BCUT2D eigenvalue weighted by molar-refractivity contribution is 5.87. The van der Waals surface area contributed by atoms with E-state index >= 15 is 0 Å². The second-order valence-corrected chi connectivity index (χ2v) is 8.83. The van der Waals surface area contributed by atoms with Gasteiger partial charge in [-0.1, -0.05) is 36.4 Å². The van der Waals surface area contributed by atoms with Crippen molar-refractivity contribution >= 4 is 17.1 Å². The molecule has 0 saturated carbocycles. The summed E-state index contributed by atoms with van der Waals surface area (Å²) >= 11 is 0. The van der Waals surface area contributed by atoms with Gasteiger partial charge in [0.25, 0.3) is 0 Å². The van der Waals surface area contributed by atoms with Crippen molar-refractivity contribution in [2.75, 3.05) is 7.11 Å². The summed E-state index contributed by atoms with van der Waals surface area (Å²) in [6, 6.07) is 14.4. The van der Waals surface area contributed by atoms with E-state index in [1.807, 2.05) is 30.3 Å². The molecule has 0 spiro atoms. The number of carbonyl (C=O) groups is 1. The lowest BCUT2D eigenvalue weighted by atomic mass is 9.88. The number of carbonyl (C=O) groups excluding carboxylic acids is 1. The molecule has 5 atom stereocenters. The van der Waals surface area contributed by atoms with Crippen LogP contribution in [0.25, 0.3) is 11.0 Å². The molecule has 0 amide bonds. The predicted octanol–water partition coefficient (Wildman–Crippen LogP) is 4.28. The molecule has 1 aromatic heterocycles. The van der Waals surface area contributed by atoms with Crippen LogP contribution in [0.2, 0.25) is 0 Å². The summed E-state index contributed by atoms with van der Waals surface area (Å²) < 4.78 is 40.0. The first-order valence-electron chi connectivity index (χ1n) is 11.5. The molecule has 2 saturated heterocycles. The average Bonchev–Trinajstić information content (AvgIpc) is 3.26. The van der Waals surface area contributed by atoms with Crippen LogP contribution in [0, 0.1) is 6.92 Å².